The average Bonchev–Trinajstić information content (AvgIpc) is 2.76. The number of nitrogens with one attached hydrogen (secondary N) is 1. The van der Waals surface area contributed by atoms with Gasteiger partial charge in [-0.1, -0.05) is 12.8 Å². The van der Waals surface area contributed by atoms with E-state index in [0.29, 0.717) is 6.04 Å². The molecule has 1 aromatic rings. The first kappa shape index (κ1) is 11.4. The van der Waals surface area contributed by atoms with Crippen LogP contribution in [0.5, 0.6) is 0 Å². The Kier molecular flexibility index (Phi) is 3.42. The third-order valence-corrected chi connectivity index (χ3v) is 3.55. The zero-order chi connectivity index (χ0) is 11.5. The molecule has 1 N–H and O–H groups in total. The van der Waals surface area contributed by atoms with Gasteiger partial charge >= 0.3 is 0 Å². The van der Waals surface area contributed by atoms with E-state index in [0.717, 1.165) is 23.1 Å². The zero-order valence-corrected chi connectivity index (χ0v) is 10.5. The highest BCUT2D eigenvalue weighted by Gasteiger charge is 2.22. The third kappa shape index (κ3) is 2.52. The molecule has 1 fully saturated rings. The molecule has 1 unspecified atom stereocenters. The molecule has 0 spiro atoms. The van der Waals surface area contributed by atoms with Gasteiger partial charge in [0.15, 0.2) is 0 Å². The van der Waals surface area contributed by atoms with Crippen LogP contribution in [0.1, 0.15) is 44.0 Å². The molecule has 0 bridgehead atoms. The average molecular weight is 219 g/mol. The number of aryl methyl sites for hydroxylation is 2. The van der Waals surface area contributed by atoms with E-state index in [-0.39, 0.29) is 0 Å². The van der Waals surface area contributed by atoms with Gasteiger partial charge in [-0.05, 0) is 39.5 Å². The summed E-state index contributed by atoms with van der Waals surface area (Å²) in [5.41, 5.74) is 1.97. The number of hydrogen-bond donors (Lipinski definition) is 1. The fraction of sp³-hybridized carbons (Fsp3) is 0.692. The van der Waals surface area contributed by atoms with Crippen molar-refractivity contribution in [1.29, 1.82) is 0 Å². The van der Waals surface area contributed by atoms with Crippen molar-refractivity contribution >= 4 is 5.82 Å². The molecular formula is C13H21N3. The third-order valence-electron chi connectivity index (χ3n) is 3.55. The van der Waals surface area contributed by atoms with Crippen LogP contribution in [0.25, 0.3) is 0 Å². The molecule has 1 atom stereocenters. The standard InChI is InChI=1S/C13H21N3/c1-9-8-14-11(3)13(15-9)16-10(2)12-6-4-5-7-12/h8,10,12H,4-7H2,1-3H3,(H,15,16). The van der Waals surface area contributed by atoms with E-state index in [9.17, 15) is 0 Å². The van der Waals surface area contributed by atoms with Crippen molar-refractivity contribution in [2.24, 2.45) is 5.92 Å². The van der Waals surface area contributed by atoms with Crippen LogP contribution >= 0.6 is 0 Å². The molecule has 0 amide bonds. The van der Waals surface area contributed by atoms with Crippen LogP contribution in [-0.2, 0) is 0 Å². The van der Waals surface area contributed by atoms with E-state index in [4.69, 9.17) is 0 Å². The van der Waals surface area contributed by atoms with Crippen molar-refractivity contribution in [3.05, 3.63) is 17.6 Å². The number of aromatic nitrogens is 2. The van der Waals surface area contributed by atoms with Crippen LogP contribution in [0.4, 0.5) is 5.82 Å². The largest absolute Gasteiger partial charge is 0.366 e. The summed E-state index contributed by atoms with van der Waals surface area (Å²) in [5.74, 6) is 1.76. The van der Waals surface area contributed by atoms with Crippen LogP contribution in [0.15, 0.2) is 6.20 Å². The minimum atomic E-state index is 0.511. The SMILES string of the molecule is Cc1cnc(C)c(NC(C)C2CCCC2)n1. The Bertz CT molecular complexity index is 356. The molecule has 1 saturated carbocycles. The Morgan fingerprint density at radius 2 is 2.00 bits per heavy atom. The van der Waals surface area contributed by atoms with E-state index in [1.807, 2.05) is 20.0 Å². The monoisotopic (exact) mass is 219 g/mol. The van der Waals surface area contributed by atoms with Crippen molar-refractivity contribution in [3.8, 4) is 0 Å². The first-order chi connectivity index (χ1) is 7.66. The Balaban J connectivity index is 2.04. The van der Waals surface area contributed by atoms with Crippen molar-refractivity contribution in [3.63, 3.8) is 0 Å². The highest BCUT2D eigenvalue weighted by Crippen LogP contribution is 2.29. The quantitative estimate of drug-likeness (QED) is 0.849. The summed E-state index contributed by atoms with van der Waals surface area (Å²) in [7, 11) is 0. The number of rotatable bonds is 3. The molecule has 3 nitrogen and oxygen atoms in total. The molecule has 0 aliphatic heterocycles. The highest BCUT2D eigenvalue weighted by molar-refractivity contribution is 5.40. The van der Waals surface area contributed by atoms with Gasteiger partial charge in [-0.15, -0.1) is 0 Å². The normalized spacial score (nSPS) is 18.7. The van der Waals surface area contributed by atoms with E-state index in [1.54, 1.807) is 0 Å². The fourth-order valence-corrected chi connectivity index (χ4v) is 2.47. The first-order valence-electron chi connectivity index (χ1n) is 6.23. The van der Waals surface area contributed by atoms with E-state index >= 15 is 0 Å². The van der Waals surface area contributed by atoms with Gasteiger partial charge in [0.1, 0.15) is 5.82 Å². The Morgan fingerprint density at radius 3 is 2.69 bits per heavy atom. The van der Waals surface area contributed by atoms with Gasteiger partial charge in [-0.2, -0.15) is 0 Å². The van der Waals surface area contributed by atoms with E-state index in [1.165, 1.54) is 25.7 Å². The van der Waals surface area contributed by atoms with Crippen molar-refractivity contribution in [2.45, 2.75) is 52.5 Å². The van der Waals surface area contributed by atoms with Gasteiger partial charge in [0.25, 0.3) is 0 Å². The number of hydrogen-bond acceptors (Lipinski definition) is 3. The van der Waals surface area contributed by atoms with E-state index < -0.39 is 0 Å². The van der Waals surface area contributed by atoms with Crippen LogP contribution < -0.4 is 5.32 Å². The minimum absolute atomic E-state index is 0.511. The first-order valence-corrected chi connectivity index (χ1v) is 6.23. The molecule has 88 valence electrons. The van der Waals surface area contributed by atoms with Gasteiger partial charge in [-0.3, -0.25) is 4.98 Å². The van der Waals surface area contributed by atoms with Gasteiger partial charge in [0.2, 0.25) is 0 Å². The second kappa shape index (κ2) is 4.81. The summed E-state index contributed by atoms with van der Waals surface area (Å²) in [5, 5.41) is 3.52. The molecule has 16 heavy (non-hydrogen) atoms. The highest BCUT2D eigenvalue weighted by atomic mass is 15.0. The van der Waals surface area contributed by atoms with Gasteiger partial charge in [0, 0.05) is 12.2 Å². The van der Waals surface area contributed by atoms with Crippen LogP contribution in [0.2, 0.25) is 0 Å². The molecule has 1 aliphatic carbocycles. The second-order valence-electron chi connectivity index (χ2n) is 4.92. The molecule has 1 aliphatic rings. The summed E-state index contributed by atoms with van der Waals surface area (Å²) < 4.78 is 0. The lowest BCUT2D eigenvalue weighted by molar-refractivity contribution is 0.480. The molecule has 3 heteroatoms. The predicted octanol–water partition coefficient (Wildman–Crippen LogP) is 3.08. The van der Waals surface area contributed by atoms with E-state index in [2.05, 4.69) is 22.2 Å². The molecule has 0 aromatic carbocycles. The lowest BCUT2D eigenvalue weighted by atomic mass is 10.00. The predicted molar refractivity (Wildman–Crippen MR) is 66.5 cm³/mol. The maximum atomic E-state index is 4.51. The summed E-state index contributed by atoms with van der Waals surface area (Å²) in [4.78, 5) is 8.84. The van der Waals surface area contributed by atoms with Gasteiger partial charge in [0.05, 0.1) is 11.4 Å². The second-order valence-corrected chi connectivity index (χ2v) is 4.92. The van der Waals surface area contributed by atoms with Crippen molar-refractivity contribution < 1.29 is 0 Å². The molecular weight excluding hydrogens is 198 g/mol. The molecule has 1 aromatic heterocycles. The van der Waals surface area contributed by atoms with Crippen molar-refractivity contribution in [1.82, 2.24) is 9.97 Å². The maximum absolute atomic E-state index is 4.51. The number of nitrogens with zero attached hydrogens (tertiary/aromatic N) is 2. The maximum Gasteiger partial charge on any atom is 0.147 e. The summed E-state index contributed by atoms with van der Waals surface area (Å²) >= 11 is 0. The lowest BCUT2D eigenvalue weighted by Gasteiger charge is -2.21. The molecule has 0 saturated heterocycles. The minimum Gasteiger partial charge on any atom is -0.366 e. The number of anilines is 1. The van der Waals surface area contributed by atoms with Crippen LogP contribution in [0, 0.1) is 19.8 Å². The van der Waals surface area contributed by atoms with Crippen molar-refractivity contribution in [2.75, 3.05) is 5.32 Å². The Hall–Kier alpha value is -1.12. The summed E-state index contributed by atoms with van der Waals surface area (Å²) in [6, 6.07) is 0.511. The zero-order valence-electron chi connectivity index (χ0n) is 10.5. The molecule has 0 radical (unpaired) electrons. The lowest BCUT2D eigenvalue weighted by Crippen LogP contribution is -2.25. The molecule has 1 heterocycles. The topological polar surface area (TPSA) is 37.8 Å². The fourth-order valence-electron chi connectivity index (χ4n) is 2.47. The smallest absolute Gasteiger partial charge is 0.147 e. The summed E-state index contributed by atoms with van der Waals surface area (Å²) in [6.45, 7) is 6.26. The van der Waals surface area contributed by atoms with Gasteiger partial charge < -0.3 is 5.32 Å². The Morgan fingerprint density at radius 1 is 1.31 bits per heavy atom. The molecule has 2 rings (SSSR count). The van der Waals surface area contributed by atoms with Gasteiger partial charge in [-0.25, -0.2) is 4.98 Å². The summed E-state index contributed by atoms with van der Waals surface area (Å²) in [6.07, 6.45) is 7.30. The Labute approximate surface area is 97.7 Å². The van der Waals surface area contributed by atoms with Crippen LogP contribution in [-0.4, -0.2) is 16.0 Å². The van der Waals surface area contributed by atoms with Crippen LogP contribution in [0.3, 0.4) is 0 Å².